The fourth-order valence-corrected chi connectivity index (χ4v) is 1.94. The van der Waals surface area contributed by atoms with Crippen molar-refractivity contribution in [3.8, 4) is 0 Å². The second kappa shape index (κ2) is 4.18. The van der Waals surface area contributed by atoms with Gasteiger partial charge in [0, 0.05) is 25.4 Å². The van der Waals surface area contributed by atoms with E-state index in [1.165, 1.54) is 17.4 Å². The lowest BCUT2D eigenvalue weighted by Crippen LogP contribution is -2.19. The quantitative estimate of drug-likeness (QED) is 0.533. The molecular formula is C8H14N4OS. The van der Waals surface area contributed by atoms with E-state index in [4.69, 9.17) is 0 Å². The van der Waals surface area contributed by atoms with Gasteiger partial charge in [0.05, 0.1) is 0 Å². The van der Waals surface area contributed by atoms with Gasteiger partial charge in [-0.25, -0.2) is 9.89 Å². The zero-order valence-corrected chi connectivity index (χ0v) is 8.93. The van der Waals surface area contributed by atoms with Crippen molar-refractivity contribution in [2.45, 2.75) is 24.0 Å². The summed E-state index contributed by atoms with van der Waals surface area (Å²) in [6.45, 7) is 0.983. The Hall–Kier alpha value is -0.750. The van der Waals surface area contributed by atoms with E-state index in [1.54, 1.807) is 18.8 Å². The SMILES string of the molecule is Cn1c(SCCNC2CC2)n[nH]c1=O. The summed E-state index contributed by atoms with van der Waals surface area (Å²) >= 11 is 1.60. The van der Waals surface area contributed by atoms with E-state index in [0.29, 0.717) is 0 Å². The van der Waals surface area contributed by atoms with Crippen LogP contribution in [-0.4, -0.2) is 33.1 Å². The minimum Gasteiger partial charge on any atom is -0.313 e. The summed E-state index contributed by atoms with van der Waals surface area (Å²) in [5.41, 5.74) is -0.150. The molecule has 6 heteroatoms. The number of rotatable bonds is 5. The molecule has 0 amide bonds. The largest absolute Gasteiger partial charge is 0.343 e. The summed E-state index contributed by atoms with van der Waals surface area (Å²) in [6, 6.07) is 0.749. The summed E-state index contributed by atoms with van der Waals surface area (Å²) in [7, 11) is 1.72. The van der Waals surface area contributed by atoms with Crippen LogP contribution in [0.2, 0.25) is 0 Å². The van der Waals surface area contributed by atoms with Crippen molar-refractivity contribution in [1.29, 1.82) is 0 Å². The molecule has 0 aromatic carbocycles. The highest BCUT2D eigenvalue weighted by atomic mass is 32.2. The first-order valence-corrected chi connectivity index (χ1v) is 5.73. The fourth-order valence-electron chi connectivity index (χ4n) is 1.15. The maximum absolute atomic E-state index is 11.0. The number of aromatic amines is 1. The van der Waals surface area contributed by atoms with Crippen LogP contribution in [0.5, 0.6) is 0 Å². The molecule has 1 heterocycles. The third-order valence-electron chi connectivity index (χ3n) is 2.18. The van der Waals surface area contributed by atoms with Crippen molar-refractivity contribution in [2.24, 2.45) is 7.05 Å². The average Bonchev–Trinajstić information content (AvgIpc) is 2.94. The van der Waals surface area contributed by atoms with Gasteiger partial charge in [-0.3, -0.25) is 4.57 Å². The summed E-state index contributed by atoms with van der Waals surface area (Å²) in [5.74, 6) is 0.953. The normalized spacial score (nSPS) is 16.1. The highest BCUT2D eigenvalue weighted by Gasteiger charge is 2.19. The number of hydrogen-bond acceptors (Lipinski definition) is 4. The Morgan fingerprint density at radius 2 is 2.50 bits per heavy atom. The molecule has 0 unspecified atom stereocenters. The third kappa shape index (κ3) is 2.39. The first-order chi connectivity index (χ1) is 6.77. The van der Waals surface area contributed by atoms with Crippen LogP contribution in [0.3, 0.4) is 0 Å². The van der Waals surface area contributed by atoms with Crippen molar-refractivity contribution < 1.29 is 0 Å². The molecule has 0 aliphatic heterocycles. The number of nitrogens with one attached hydrogen (secondary N) is 2. The molecule has 0 atom stereocenters. The zero-order chi connectivity index (χ0) is 9.97. The smallest absolute Gasteiger partial charge is 0.313 e. The second-order valence-corrected chi connectivity index (χ2v) is 4.51. The maximum atomic E-state index is 11.0. The molecule has 2 rings (SSSR count). The van der Waals surface area contributed by atoms with Gasteiger partial charge in [-0.05, 0) is 12.8 Å². The fraction of sp³-hybridized carbons (Fsp3) is 0.750. The van der Waals surface area contributed by atoms with Crippen LogP contribution in [0, 0.1) is 0 Å². The van der Waals surface area contributed by atoms with Gasteiger partial charge in [-0.1, -0.05) is 11.8 Å². The van der Waals surface area contributed by atoms with E-state index in [9.17, 15) is 4.79 Å². The number of hydrogen-bond donors (Lipinski definition) is 2. The topological polar surface area (TPSA) is 62.7 Å². The summed E-state index contributed by atoms with van der Waals surface area (Å²) in [5, 5.41) is 10.5. The Kier molecular flexibility index (Phi) is 2.93. The highest BCUT2D eigenvalue weighted by molar-refractivity contribution is 7.99. The molecule has 0 spiro atoms. The van der Waals surface area contributed by atoms with Crippen molar-refractivity contribution in [3.05, 3.63) is 10.5 Å². The molecule has 1 aliphatic carbocycles. The molecule has 14 heavy (non-hydrogen) atoms. The van der Waals surface area contributed by atoms with Crippen LogP contribution in [0.15, 0.2) is 9.95 Å². The predicted octanol–water partition coefficient (Wildman–Crippen LogP) is -0.0475. The molecule has 1 saturated carbocycles. The summed E-state index contributed by atoms with van der Waals surface area (Å²) in [6.07, 6.45) is 2.62. The number of nitrogens with zero attached hydrogens (tertiary/aromatic N) is 2. The molecule has 5 nitrogen and oxygen atoms in total. The minimum absolute atomic E-state index is 0.150. The van der Waals surface area contributed by atoms with Crippen LogP contribution < -0.4 is 11.0 Å². The lowest BCUT2D eigenvalue weighted by Gasteiger charge is -2.01. The van der Waals surface area contributed by atoms with Crippen LogP contribution >= 0.6 is 11.8 Å². The molecule has 78 valence electrons. The van der Waals surface area contributed by atoms with Crippen LogP contribution in [0.25, 0.3) is 0 Å². The van der Waals surface area contributed by atoms with E-state index in [2.05, 4.69) is 15.5 Å². The lowest BCUT2D eigenvalue weighted by atomic mass is 10.6. The van der Waals surface area contributed by atoms with Crippen molar-refractivity contribution >= 4 is 11.8 Å². The van der Waals surface area contributed by atoms with E-state index in [0.717, 1.165) is 23.5 Å². The van der Waals surface area contributed by atoms with Crippen molar-refractivity contribution in [3.63, 3.8) is 0 Å². The molecule has 0 bridgehead atoms. The minimum atomic E-state index is -0.150. The van der Waals surface area contributed by atoms with E-state index >= 15 is 0 Å². The lowest BCUT2D eigenvalue weighted by molar-refractivity contribution is 0.721. The number of H-pyrrole nitrogens is 1. The van der Waals surface area contributed by atoms with E-state index < -0.39 is 0 Å². The second-order valence-electron chi connectivity index (χ2n) is 3.45. The monoisotopic (exact) mass is 214 g/mol. The number of thioether (sulfide) groups is 1. The van der Waals surface area contributed by atoms with Crippen molar-refractivity contribution in [2.75, 3.05) is 12.3 Å². The Balaban J connectivity index is 1.73. The zero-order valence-electron chi connectivity index (χ0n) is 8.12. The van der Waals surface area contributed by atoms with E-state index in [-0.39, 0.29) is 5.69 Å². The molecule has 1 aromatic rings. The molecule has 0 radical (unpaired) electrons. The Labute approximate surface area is 86.3 Å². The van der Waals surface area contributed by atoms with E-state index in [1.807, 2.05) is 0 Å². The molecule has 2 N–H and O–H groups in total. The summed E-state index contributed by atoms with van der Waals surface area (Å²) < 4.78 is 1.53. The molecule has 0 saturated heterocycles. The average molecular weight is 214 g/mol. The van der Waals surface area contributed by atoms with Gasteiger partial charge >= 0.3 is 5.69 Å². The van der Waals surface area contributed by atoms with Gasteiger partial charge in [-0.15, -0.1) is 5.10 Å². The Bertz CT molecular complexity index is 354. The molecule has 1 aromatic heterocycles. The molecule has 1 fully saturated rings. The Morgan fingerprint density at radius 1 is 1.71 bits per heavy atom. The van der Waals surface area contributed by atoms with Gasteiger partial charge < -0.3 is 5.32 Å². The van der Waals surface area contributed by atoms with Gasteiger partial charge in [0.1, 0.15) is 0 Å². The predicted molar refractivity (Wildman–Crippen MR) is 55.6 cm³/mol. The number of aromatic nitrogens is 3. The van der Waals surface area contributed by atoms with Crippen LogP contribution in [-0.2, 0) is 7.05 Å². The van der Waals surface area contributed by atoms with Gasteiger partial charge in [0.15, 0.2) is 5.16 Å². The first kappa shape index (κ1) is 9.79. The Morgan fingerprint density at radius 3 is 3.07 bits per heavy atom. The van der Waals surface area contributed by atoms with Crippen LogP contribution in [0.4, 0.5) is 0 Å². The maximum Gasteiger partial charge on any atom is 0.343 e. The van der Waals surface area contributed by atoms with Gasteiger partial charge in [-0.2, -0.15) is 0 Å². The highest BCUT2D eigenvalue weighted by Crippen LogP contribution is 2.18. The molecule has 1 aliphatic rings. The molecular weight excluding hydrogens is 200 g/mol. The first-order valence-electron chi connectivity index (χ1n) is 4.75. The summed E-state index contributed by atoms with van der Waals surface area (Å²) in [4.78, 5) is 11.0. The standard InChI is InChI=1S/C8H14N4OS/c1-12-7(13)10-11-8(12)14-5-4-9-6-2-3-6/h6,9H,2-5H2,1H3,(H,10,13). The third-order valence-corrected chi connectivity index (χ3v) is 3.21. The van der Waals surface area contributed by atoms with Gasteiger partial charge in [0.2, 0.25) is 0 Å². The van der Waals surface area contributed by atoms with Gasteiger partial charge in [0.25, 0.3) is 0 Å². The van der Waals surface area contributed by atoms with Crippen LogP contribution in [0.1, 0.15) is 12.8 Å². The van der Waals surface area contributed by atoms with Crippen molar-refractivity contribution in [1.82, 2.24) is 20.1 Å².